The second-order valence-electron chi connectivity index (χ2n) is 6.68. The summed E-state index contributed by atoms with van der Waals surface area (Å²) < 4.78 is 16.4. The van der Waals surface area contributed by atoms with Gasteiger partial charge in [-0.15, -0.1) is 0 Å². The minimum absolute atomic E-state index is 0.163. The summed E-state index contributed by atoms with van der Waals surface area (Å²) in [7, 11) is 1.53. The first kappa shape index (κ1) is 20.5. The highest BCUT2D eigenvalue weighted by Crippen LogP contribution is 2.25. The van der Waals surface area contributed by atoms with Gasteiger partial charge in [-0.2, -0.15) is 0 Å². The maximum Gasteiger partial charge on any atom is 0.262 e. The molecule has 0 unspecified atom stereocenters. The number of rotatable bonds is 6. The number of para-hydroxylation sites is 2. The van der Waals surface area contributed by atoms with E-state index in [1.165, 1.54) is 13.4 Å². The summed E-state index contributed by atoms with van der Waals surface area (Å²) in [5, 5.41) is 3.74. The number of benzene rings is 3. The maximum atomic E-state index is 12.8. The zero-order valence-corrected chi connectivity index (χ0v) is 17.3. The van der Waals surface area contributed by atoms with Gasteiger partial charge in [0, 0.05) is 11.1 Å². The Bertz CT molecular complexity index is 1300. The predicted molar refractivity (Wildman–Crippen MR) is 120 cm³/mol. The normalized spacial score (nSPS) is 10.6. The van der Waals surface area contributed by atoms with Gasteiger partial charge in [0.1, 0.15) is 23.3 Å². The summed E-state index contributed by atoms with van der Waals surface area (Å²) in [6, 6.07) is 18.9. The average molecular weight is 436 g/mol. The monoisotopic (exact) mass is 435 g/mol. The van der Waals surface area contributed by atoms with Crippen LogP contribution in [-0.4, -0.2) is 19.6 Å². The first-order valence-electron chi connectivity index (χ1n) is 9.42. The van der Waals surface area contributed by atoms with Crippen molar-refractivity contribution in [3.05, 3.63) is 88.2 Å². The molecule has 31 heavy (non-hydrogen) atoms. The summed E-state index contributed by atoms with van der Waals surface area (Å²) in [6.45, 7) is -0.212. The van der Waals surface area contributed by atoms with Gasteiger partial charge in [-0.25, -0.2) is 0 Å². The van der Waals surface area contributed by atoms with Crippen molar-refractivity contribution < 1.29 is 18.7 Å². The summed E-state index contributed by atoms with van der Waals surface area (Å²) >= 11 is 5.91. The van der Waals surface area contributed by atoms with Crippen molar-refractivity contribution in [1.82, 2.24) is 0 Å². The number of amides is 1. The Balaban J connectivity index is 1.49. The average Bonchev–Trinajstić information content (AvgIpc) is 2.79. The van der Waals surface area contributed by atoms with Crippen LogP contribution in [0.3, 0.4) is 0 Å². The Labute approximate surface area is 183 Å². The molecule has 4 rings (SSSR count). The molecule has 0 atom stereocenters. The number of ether oxygens (including phenoxy) is 2. The number of anilines is 1. The molecule has 1 N–H and O–H groups in total. The molecule has 0 aliphatic heterocycles. The molecule has 1 aromatic heterocycles. The molecule has 0 bridgehead atoms. The molecule has 0 aliphatic carbocycles. The molecular formula is C24H18ClNO5. The fourth-order valence-electron chi connectivity index (χ4n) is 3.11. The van der Waals surface area contributed by atoms with E-state index in [0.29, 0.717) is 44.3 Å². The van der Waals surface area contributed by atoms with Crippen LogP contribution in [0.5, 0.6) is 11.5 Å². The minimum Gasteiger partial charge on any atom is -0.495 e. The highest BCUT2D eigenvalue weighted by atomic mass is 35.5. The summed E-state index contributed by atoms with van der Waals surface area (Å²) in [5.74, 6) is 0.619. The second kappa shape index (κ2) is 8.93. The molecule has 0 fully saturated rings. The largest absolute Gasteiger partial charge is 0.495 e. The van der Waals surface area contributed by atoms with E-state index in [0.717, 1.165) is 0 Å². The number of nitrogens with one attached hydrogen (secondary N) is 1. The van der Waals surface area contributed by atoms with E-state index in [-0.39, 0.29) is 17.9 Å². The molecular weight excluding hydrogens is 418 g/mol. The predicted octanol–water partition coefficient (Wildman–Crippen LogP) is 5.14. The van der Waals surface area contributed by atoms with E-state index in [1.54, 1.807) is 60.7 Å². The number of fused-ring (bicyclic) bond motifs is 1. The quantitative estimate of drug-likeness (QED) is 0.453. The van der Waals surface area contributed by atoms with Crippen molar-refractivity contribution in [3.63, 3.8) is 0 Å². The van der Waals surface area contributed by atoms with Crippen LogP contribution in [0.15, 0.2) is 82.2 Å². The highest BCUT2D eigenvalue weighted by molar-refractivity contribution is 6.30. The Morgan fingerprint density at radius 1 is 1.06 bits per heavy atom. The molecule has 1 amide bonds. The van der Waals surface area contributed by atoms with Crippen molar-refractivity contribution in [2.24, 2.45) is 0 Å². The Morgan fingerprint density at radius 3 is 2.61 bits per heavy atom. The lowest BCUT2D eigenvalue weighted by molar-refractivity contribution is -0.118. The van der Waals surface area contributed by atoms with Gasteiger partial charge in [0.15, 0.2) is 12.0 Å². The molecule has 4 aromatic rings. The fraction of sp³-hybridized carbons (Fsp3) is 0.0833. The lowest BCUT2D eigenvalue weighted by Gasteiger charge is -2.11. The van der Waals surface area contributed by atoms with Crippen LogP contribution in [0.4, 0.5) is 5.69 Å². The first-order chi connectivity index (χ1) is 15.0. The smallest absolute Gasteiger partial charge is 0.262 e. The molecule has 1 heterocycles. The molecule has 3 aromatic carbocycles. The molecule has 156 valence electrons. The van der Waals surface area contributed by atoms with E-state index >= 15 is 0 Å². The summed E-state index contributed by atoms with van der Waals surface area (Å²) in [6.07, 6.45) is 1.41. The topological polar surface area (TPSA) is 77.8 Å². The van der Waals surface area contributed by atoms with E-state index in [4.69, 9.17) is 25.5 Å². The third kappa shape index (κ3) is 4.54. The Morgan fingerprint density at radius 2 is 1.84 bits per heavy atom. The standard InChI is InChI=1S/C24H18ClNO5/c1-29-21-5-3-2-4-20(21)26-23(27)14-30-17-10-11-18-22(12-17)31-13-19(24(18)28)15-6-8-16(25)9-7-15/h2-13H,14H2,1H3,(H,26,27). The Hall–Kier alpha value is -3.77. The lowest BCUT2D eigenvalue weighted by Crippen LogP contribution is -2.20. The van der Waals surface area contributed by atoms with Crippen LogP contribution in [-0.2, 0) is 4.79 Å². The van der Waals surface area contributed by atoms with Crippen molar-refractivity contribution >= 4 is 34.2 Å². The van der Waals surface area contributed by atoms with Gasteiger partial charge in [-0.05, 0) is 42.0 Å². The number of halogens is 1. The minimum atomic E-state index is -0.343. The molecule has 0 spiro atoms. The maximum absolute atomic E-state index is 12.8. The zero-order chi connectivity index (χ0) is 21.8. The van der Waals surface area contributed by atoms with Gasteiger partial charge >= 0.3 is 0 Å². The molecule has 0 radical (unpaired) electrons. The van der Waals surface area contributed by atoms with Gasteiger partial charge in [-0.1, -0.05) is 35.9 Å². The first-order valence-corrected chi connectivity index (χ1v) is 9.80. The third-order valence-corrected chi connectivity index (χ3v) is 4.90. The lowest BCUT2D eigenvalue weighted by atomic mass is 10.1. The van der Waals surface area contributed by atoms with Crippen molar-refractivity contribution in [1.29, 1.82) is 0 Å². The summed E-state index contributed by atoms with van der Waals surface area (Å²) in [4.78, 5) is 25.1. The fourth-order valence-corrected chi connectivity index (χ4v) is 3.24. The molecule has 0 saturated heterocycles. The van der Waals surface area contributed by atoms with Crippen LogP contribution in [0.2, 0.25) is 5.02 Å². The van der Waals surface area contributed by atoms with Gasteiger partial charge in [0.05, 0.1) is 23.7 Å². The van der Waals surface area contributed by atoms with Crippen molar-refractivity contribution in [3.8, 4) is 22.6 Å². The van der Waals surface area contributed by atoms with Gasteiger partial charge in [-0.3, -0.25) is 9.59 Å². The molecule has 0 saturated carbocycles. The van der Waals surface area contributed by atoms with Crippen LogP contribution < -0.4 is 20.2 Å². The number of carbonyl (C=O) groups is 1. The SMILES string of the molecule is COc1ccccc1NC(=O)COc1ccc2c(=O)c(-c3ccc(Cl)cc3)coc2c1. The molecule has 6 nitrogen and oxygen atoms in total. The van der Waals surface area contributed by atoms with Gasteiger partial charge in [0.2, 0.25) is 0 Å². The van der Waals surface area contributed by atoms with E-state index < -0.39 is 0 Å². The number of hydrogen-bond acceptors (Lipinski definition) is 5. The number of methoxy groups -OCH3 is 1. The molecule has 7 heteroatoms. The van der Waals surface area contributed by atoms with Crippen LogP contribution in [0.25, 0.3) is 22.1 Å². The molecule has 0 aliphatic rings. The van der Waals surface area contributed by atoms with Gasteiger partial charge < -0.3 is 19.2 Å². The van der Waals surface area contributed by atoms with E-state index in [1.807, 2.05) is 6.07 Å². The van der Waals surface area contributed by atoms with E-state index in [2.05, 4.69) is 5.32 Å². The number of hydrogen-bond donors (Lipinski definition) is 1. The van der Waals surface area contributed by atoms with Crippen molar-refractivity contribution in [2.75, 3.05) is 19.0 Å². The van der Waals surface area contributed by atoms with Crippen LogP contribution in [0, 0.1) is 0 Å². The van der Waals surface area contributed by atoms with E-state index in [9.17, 15) is 9.59 Å². The highest BCUT2D eigenvalue weighted by Gasteiger charge is 2.12. The number of carbonyl (C=O) groups excluding carboxylic acids is 1. The zero-order valence-electron chi connectivity index (χ0n) is 16.6. The third-order valence-electron chi connectivity index (χ3n) is 4.65. The Kier molecular flexibility index (Phi) is 5.91. The van der Waals surface area contributed by atoms with Gasteiger partial charge in [0.25, 0.3) is 5.91 Å². The van der Waals surface area contributed by atoms with Crippen LogP contribution >= 0.6 is 11.6 Å². The van der Waals surface area contributed by atoms with Crippen LogP contribution in [0.1, 0.15) is 0 Å². The summed E-state index contributed by atoms with van der Waals surface area (Å²) in [5.41, 5.74) is 1.91. The van der Waals surface area contributed by atoms with Crippen molar-refractivity contribution in [2.45, 2.75) is 0 Å². The second-order valence-corrected chi connectivity index (χ2v) is 7.12.